The molecule has 3 aromatic carbocycles. The first kappa shape index (κ1) is 69.4. The molecule has 19 N–H and O–H groups in total. The minimum absolute atomic E-state index is 0.0329. The molecule has 1 aliphatic heterocycles. The number of nitrogens with two attached hydrogens (primary N) is 3. The predicted molar refractivity (Wildman–Crippen MR) is 323 cm³/mol. The maximum absolute atomic E-state index is 14.2. The molecule has 0 aliphatic carbocycles. The molecular formula is C60H82N14O14. The lowest BCUT2D eigenvalue weighted by molar-refractivity contribution is -0.142. The molecule has 28 heteroatoms. The summed E-state index contributed by atoms with van der Waals surface area (Å²) in [5.74, 6) is -8.95. The van der Waals surface area contributed by atoms with Crippen molar-refractivity contribution in [3.05, 3.63) is 114 Å². The van der Waals surface area contributed by atoms with Crippen molar-refractivity contribution in [2.75, 3.05) is 20.1 Å². The fourth-order valence-electron chi connectivity index (χ4n) is 9.96. The Hall–Kier alpha value is -9.41. The van der Waals surface area contributed by atoms with Gasteiger partial charge in [0.15, 0.2) is 5.96 Å². The summed E-state index contributed by atoms with van der Waals surface area (Å²) in [6.07, 6.45) is -1.76. The lowest BCUT2D eigenvalue weighted by Crippen LogP contribution is -2.61. The second-order valence-corrected chi connectivity index (χ2v) is 22.1. The van der Waals surface area contributed by atoms with E-state index in [-0.39, 0.29) is 75.7 Å². The molecule has 0 spiro atoms. The summed E-state index contributed by atoms with van der Waals surface area (Å²) in [5, 5.41) is 64.7. The van der Waals surface area contributed by atoms with Gasteiger partial charge in [-0.1, -0.05) is 74.5 Å². The number of primary amides is 2. The molecule has 11 atom stereocenters. The van der Waals surface area contributed by atoms with E-state index in [0.29, 0.717) is 16.7 Å². The molecule has 0 unspecified atom stereocenters. The van der Waals surface area contributed by atoms with E-state index < -0.39 is 132 Å². The second-order valence-electron chi connectivity index (χ2n) is 22.1. The highest BCUT2D eigenvalue weighted by molar-refractivity contribution is 5.99. The van der Waals surface area contributed by atoms with Crippen molar-refractivity contribution in [3.8, 4) is 5.75 Å². The number of guanidine groups is 1. The molecule has 1 aliphatic rings. The summed E-state index contributed by atoms with van der Waals surface area (Å²) in [6, 6.07) is 10.4. The Morgan fingerprint density at radius 1 is 0.716 bits per heavy atom. The number of benzene rings is 3. The van der Waals surface area contributed by atoms with Crippen LogP contribution in [0.1, 0.15) is 76.5 Å². The Morgan fingerprint density at radius 3 is 1.99 bits per heavy atom. The number of likely N-dealkylation sites (tertiary alicyclic amines) is 1. The quantitative estimate of drug-likeness (QED) is 0.0102. The van der Waals surface area contributed by atoms with E-state index in [4.69, 9.17) is 17.2 Å². The lowest BCUT2D eigenvalue weighted by atomic mass is 9.99. The van der Waals surface area contributed by atoms with Gasteiger partial charge >= 0.3 is 0 Å². The molecule has 1 fully saturated rings. The van der Waals surface area contributed by atoms with Crippen LogP contribution in [0.3, 0.4) is 0 Å². The summed E-state index contributed by atoms with van der Waals surface area (Å²) >= 11 is 0. The number of phenols is 1. The van der Waals surface area contributed by atoms with Crippen LogP contribution in [0.2, 0.25) is 0 Å². The van der Waals surface area contributed by atoms with Gasteiger partial charge in [-0.2, -0.15) is 0 Å². The molecule has 10 amide bonds. The number of nitrogens with one attached hydrogen (secondary N) is 9. The average Bonchev–Trinajstić information content (AvgIpc) is 2.76. The van der Waals surface area contributed by atoms with Crippen molar-refractivity contribution in [3.63, 3.8) is 0 Å². The third kappa shape index (κ3) is 21.5. The van der Waals surface area contributed by atoms with Crippen LogP contribution in [0.4, 0.5) is 0 Å². The summed E-state index contributed by atoms with van der Waals surface area (Å²) in [7, 11) is 1.49. The van der Waals surface area contributed by atoms with Gasteiger partial charge in [0.25, 0.3) is 0 Å². The van der Waals surface area contributed by atoms with Gasteiger partial charge in [0.05, 0.1) is 30.8 Å². The smallest absolute Gasteiger partial charge is 0.246 e. The Kier molecular flexibility index (Phi) is 26.4. The second kappa shape index (κ2) is 33.5. The number of hydrogen-bond acceptors (Lipinski definition) is 15. The number of aliphatic hydroxyl groups excluding tert-OH is 3. The molecule has 28 nitrogen and oxygen atoms in total. The number of H-pyrrole nitrogens is 1. The average molecular weight is 1220 g/mol. The largest absolute Gasteiger partial charge is 0.508 e. The summed E-state index contributed by atoms with van der Waals surface area (Å²) in [4.78, 5) is 143. The number of aromatic hydroxyl groups is 1. The van der Waals surface area contributed by atoms with Crippen LogP contribution in [0.25, 0.3) is 10.9 Å². The number of carbonyl (C=O) groups excluding carboxylic acids is 10. The number of aromatic nitrogens is 1. The van der Waals surface area contributed by atoms with Gasteiger partial charge in [0, 0.05) is 69.5 Å². The minimum Gasteiger partial charge on any atom is -0.508 e. The summed E-state index contributed by atoms with van der Waals surface area (Å²) in [6.45, 7) is 5.84. The van der Waals surface area contributed by atoms with E-state index in [1.807, 2.05) is 24.3 Å². The standard InChI is InChI=1S/C60H82N14O14/c1-32(2)24-45(55(84)69-42(16-11-23-65-60(63)64-5)54(83)71-44(53(62)82)27-37-30-66-41-15-10-9-14-40(37)41)68-51(81)22-21-49(79)43(25-35-12-7-6-8-13-35)70-58(87)52(33(3)75)73-56(85)46(29-50(61)80)72-57(86)48-28-39(78)31-74(48)59(88)47(67-34(4)76)26-36-17-19-38(77)20-18-36/h6-10,12-15,17-22,30,32-33,39,42-49,52,66,75,77-79H,11,16,23-29,31H2,1-5H3,(H2,61,80)(H2,62,82)(H,67,76)(H,68,81)(H,69,84)(H,70,87)(H,71,83)(H,72,86)(H,73,85)(H3,63,64,65)/t33-,39-,42+,43+,44+,45+,46+,47-,48+,49+,52+/m1/s1. The van der Waals surface area contributed by atoms with Gasteiger partial charge in [0.1, 0.15) is 48.0 Å². The highest BCUT2D eigenvalue weighted by Gasteiger charge is 2.43. The maximum Gasteiger partial charge on any atom is 0.246 e. The fraction of sp³-hybridized carbons (Fsp3) is 0.450. The van der Waals surface area contributed by atoms with Gasteiger partial charge < -0.3 is 90.0 Å². The summed E-state index contributed by atoms with van der Waals surface area (Å²) < 4.78 is 0. The molecule has 4 aromatic rings. The van der Waals surface area contributed by atoms with Crippen molar-refractivity contribution < 1.29 is 68.4 Å². The number of aliphatic hydroxyl groups is 3. The zero-order valence-electron chi connectivity index (χ0n) is 49.7. The lowest BCUT2D eigenvalue weighted by Gasteiger charge is -2.30. The van der Waals surface area contributed by atoms with Crippen LogP contribution >= 0.6 is 0 Å². The SMILES string of the molecule is CN=C(N)NCCC[C@H](NC(=O)[C@H](CC(C)C)NC(=O)C=C[C@H](O)[C@H](Cc1ccccc1)NC(=O)[C@@H](NC(=O)[C@H](CC(N)=O)NC(=O)[C@@H]1C[C@@H](O)CN1C(=O)[C@@H](Cc1ccc(O)cc1)NC(C)=O)[C@@H](C)O)C(=O)N[C@@H](Cc1c[nH]c2ccccc12)C(N)=O. The molecule has 0 radical (unpaired) electrons. The Bertz CT molecular complexity index is 3140. The number of phenolic OH excluding ortho intramolecular Hbond substituents is 1. The Morgan fingerprint density at radius 2 is 1.35 bits per heavy atom. The first-order valence-corrected chi connectivity index (χ1v) is 28.8. The van der Waals surface area contributed by atoms with Crippen LogP contribution < -0.4 is 59.7 Å². The Labute approximate surface area is 508 Å². The maximum atomic E-state index is 14.2. The van der Waals surface area contributed by atoms with Gasteiger partial charge in [-0.25, -0.2) is 0 Å². The van der Waals surface area contributed by atoms with Gasteiger partial charge in [0.2, 0.25) is 59.1 Å². The van der Waals surface area contributed by atoms with Crippen LogP contribution in [0, 0.1) is 5.92 Å². The molecule has 0 bridgehead atoms. The zero-order chi connectivity index (χ0) is 64.8. The number of aliphatic imine (C=N–C) groups is 1. The highest BCUT2D eigenvalue weighted by Crippen LogP contribution is 2.23. The van der Waals surface area contributed by atoms with Crippen molar-refractivity contribution >= 4 is 75.9 Å². The first-order chi connectivity index (χ1) is 41.7. The zero-order valence-corrected chi connectivity index (χ0v) is 49.7. The van der Waals surface area contributed by atoms with Crippen LogP contribution in [0.5, 0.6) is 5.75 Å². The molecule has 476 valence electrons. The first-order valence-electron chi connectivity index (χ1n) is 28.8. The van der Waals surface area contributed by atoms with Crippen molar-refractivity contribution in [1.29, 1.82) is 0 Å². The molecule has 88 heavy (non-hydrogen) atoms. The minimum atomic E-state index is -1.83. The number of rotatable bonds is 32. The fourth-order valence-corrected chi connectivity index (χ4v) is 9.96. The summed E-state index contributed by atoms with van der Waals surface area (Å²) in [5.41, 5.74) is 19.7. The number of hydrogen-bond donors (Lipinski definition) is 16. The molecule has 1 saturated heterocycles. The van der Waals surface area contributed by atoms with E-state index in [1.165, 1.54) is 38.2 Å². The van der Waals surface area contributed by atoms with Gasteiger partial charge in [-0.05, 0) is 79.5 Å². The molecule has 2 heterocycles. The predicted octanol–water partition coefficient (Wildman–Crippen LogP) is -2.70. The normalized spacial score (nSPS) is 17.2. The van der Waals surface area contributed by atoms with E-state index in [2.05, 4.69) is 52.5 Å². The van der Waals surface area contributed by atoms with Crippen molar-refractivity contribution in [2.45, 2.75) is 146 Å². The van der Waals surface area contributed by atoms with E-state index in [9.17, 15) is 68.4 Å². The van der Waals surface area contributed by atoms with Crippen LogP contribution in [-0.2, 0) is 67.2 Å². The third-order valence-electron chi connectivity index (χ3n) is 14.4. The molecule has 5 rings (SSSR count). The topological polar surface area (TPSA) is 457 Å². The van der Waals surface area contributed by atoms with Crippen molar-refractivity contribution in [1.82, 2.24) is 52.4 Å². The number of carbonyl (C=O) groups is 10. The number of nitrogens with zero attached hydrogens (tertiary/aromatic N) is 2. The molecule has 1 aromatic heterocycles. The number of β-amino-alcohol motifs (C(OH)–C–C–N with tert-alkyl or cyclic N) is 1. The number of para-hydroxylation sites is 1. The van der Waals surface area contributed by atoms with Crippen LogP contribution in [0.15, 0.2) is 102 Å². The van der Waals surface area contributed by atoms with E-state index in [0.717, 1.165) is 34.9 Å². The molecular weight excluding hydrogens is 1140 g/mol. The van der Waals surface area contributed by atoms with Gasteiger partial charge in [-0.15, -0.1) is 0 Å². The van der Waals surface area contributed by atoms with Gasteiger partial charge in [-0.3, -0.25) is 52.9 Å². The highest BCUT2D eigenvalue weighted by atomic mass is 16.3. The van der Waals surface area contributed by atoms with Crippen molar-refractivity contribution in [2.24, 2.45) is 28.1 Å². The van der Waals surface area contributed by atoms with Crippen LogP contribution in [-0.4, -0.2) is 182 Å². The monoisotopic (exact) mass is 1220 g/mol. The number of amides is 10. The van der Waals surface area contributed by atoms with E-state index >= 15 is 0 Å². The number of fused-ring (bicyclic) bond motifs is 1. The van der Waals surface area contributed by atoms with E-state index in [1.54, 1.807) is 50.4 Å². The molecule has 0 saturated carbocycles. The third-order valence-corrected chi connectivity index (χ3v) is 14.4. The Balaban J connectivity index is 1.30. The number of aromatic amines is 1.